The topological polar surface area (TPSA) is 98.2 Å². The van der Waals surface area contributed by atoms with Crippen LogP contribution in [0.2, 0.25) is 0 Å². The second-order valence-electron chi connectivity index (χ2n) is 10.5. The van der Waals surface area contributed by atoms with Crippen LogP contribution < -0.4 is 4.90 Å². The highest BCUT2D eigenvalue weighted by Crippen LogP contribution is 2.67. The van der Waals surface area contributed by atoms with Crippen molar-refractivity contribution < 1.29 is 24.6 Å². The fourth-order valence-electron chi connectivity index (χ4n) is 6.77. The number of thioether (sulfide) groups is 1. The monoisotopic (exact) mass is 522 g/mol. The Balaban J connectivity index is 1.63. The lowest BCUT2D eigenvalue weighted by Crippen LogP contribution is -2.58. The average Bonchev–Trinajstić information content (AvgIpc) is 3.54. The minimum absolute atomic E-state index is 0.0570. The predicted molar refractivity (Wildman–Crippen MR) is 145 cm³/mol. The number of carbonyl (C=O) groups is 3. The molecule has 3 aliphatic rings. The van der Waals surface area contributed by atoms with E-state index in [2.05, 4.69) is 6.58 Å². The first-order chi connectivity index (χ1) is 17.8. The molecule has 8 heteroatoms. The van der Waals surface area contributed by atoms with Crippen molar-refractivity contribution in [2.45, 2.75) is 55.2 Å². The molecule has 3 fully saturated rings. The molecule has 2 unspecified atom stereocenters. The van der Waals surface area contributed by atoms with Gasteiger partial charge in [0, 0.05) is 17.5 Å². The number of aliphatic carboxylic acids is 1. The fourth-order valence-corrected chi connectivity index (χ4v) is 8.96. The highest BCUT2D eigenvalue weighted by molar-refractivity contribution is 8.02. The van der Waals surface area contributed by atoms with Gasteiger partial charge in [0.2, 0.25) is 5.91 Å². The van der Waals surface area contributed by atoms with Gasteiger partial charge in [-0.2, -0.15) is 0 Å². The maximum absolute atomic E-state index is 14.6. The van der Waals surface area contributed by atoms with Gasteiger partial charge in [0.1, 0.15) is 6.04 Å². The Kier molecular flexibility index (Phi) is 6.83. The normalized spacial score (nSPS) is 29.8. The van der Waals surface area contributed by atoms with E-state index < -0.39 is 34.6 Å². The van der Waals surface area contributed by atoms with Crippen molar-refractivity contribution in [1.29, 1.82) is 0 Å². The van der Waals surface area contributed by atoms with Crippen molar-refractivity contribution in [3.05, 3.63) is 55.1 Å². The maximum atomic E-state index is 14.6. The molecular weight excluding hydrogens is 488 g/mol. The van der Waals surface area contributed by atoms with Crippen LogP contribution in [0.25, 0.3) is 10.8 Å². The number of benzene rings is 2. The smallest absolute Gasteiger partial charge is 0.308 e. The van der Waals surface area contributed by atoms with Crippen molar-refractivity contribution in [3.8, 4) is 0 Å². The van der Waals surface area contributed by atoms with E-state index in [0.717, 1.165) is 10.8 Å². The molecule has 2 bridgehead atoms. The van der Waals surface area contributed by atoms with Crippen molar-refractivity contribution in [3.63, 3.8) is 0 Å². The molecule has 0 aliphatic carbocycles. The summed E-state index contributed by atoms with van der Waals surface area (Å²) in [6, 6.07) is 12.3. The summed E-state index contributed by atoms with van der Waals surface area (Å²) in [5.74, 6) is -3.19. The lowest BCUT2D eigenvalue weighted by molar-refractivity contribution is -0.149. The minimum atomic E-state index is -0.980. The van der Waals surface area contributed by atoms with Gasteiger partial charge in [0.25, 0.3) is 5.91 Å². The van der Waals surface area contributed by atoms with Gasteiger partial charge >= 0.3 is 5.97 Å². The third kappa shape index (κ3) is 3.87. The van der Waals surface area contributed by atoms with Crippen LogP contribution in [0.5, 0.6) is 0 Å². The number of aliphatic hydroxyl groups is 1. The Labute approximate surface area is 221 Å². The molecule has 3 saturated heterocycles. The summed E-state index contributed by atoms with van der Waals surface area (Å²) >= 11 is 1.51. The van der Waals surface area contributed by atoms with Gasteiger partial charge in [0.15, 0.2) is 0 Å². The number of carboxylic acids is 1. The summed E-state index contributed by atoms with van der Waals surface area (Å²) in [5, 5.41) is 22.4. The number of anilines is 1. The first-order valence-corrected chi connectivity index (χ1v) is 13.9. The zero-order valence-corrected chi connectivity index (χ0v) is 22.1. The van der Waals surface area contributed by atoms with Crippen molar-refractivity contribution in [2.75, 3.05) is 18.1 Å². The first kappa shape index (κ1) is 25.8. The second kappa shape index (κ2) is 9.80. The number of hydrogen-bond donors (Lipinski definition) is 2. The third-order valence-electron chi connectivity index (χ3n) is 8.72. The molecule has 2 aromatic rings. The molecule has 3 aliphatic heterocycles. The van der Waals surface area contributed by atoms with Crippen LogP contribution in [0.4, 0.5) is 5.69 Å². The number of likely N-dealkylation sites (tertiary alicyclic amines) is 1. The van der Waals surface area contributed by atoms with E-state index in [4.69, 9.17) is 0 Å². The number of carbonyl (C=O) groups excluding carboxylic acids is 2. The van der Waals surface area contributed by atoms with Gasteiger partial charge in [-0.1, -0.05) is 56.7 Å². The average molecular weight is 523 g/mol. The molecule has 7 nitrogen and oxygen atoms in total. The Morgan fingerprint density at radius 2 is 2.00 bits per heavy atom. The zero-order valence-electron chi connectivity index (χ0n) is 21.2. The van der Waals surface area contributed by atoms with E-state index in [-0.39, 0.29) is 36.1 Å². The Morgan fingerprint density at radius 3 is 2.65 bits per heavy atom. The van der Waals surface area contributed by atoms with E-state index in [1.54, 1.807) is 15.9 Å². The Bertz CT molecular complexity index is 1250. The fraction of sp³-hybridized carbons (Fsp3) is 0.483. The number of amides is 2. The van der Waals surface area contributed by atoms with Crippen molar-refractivity contribution >= 4 is 46.0 Å². The summed E-state index contributed by atoms with van der Waals surface area (Å²) in [6.45, 7) is 7.80. The second-order valence-corrected chi connectivity index (χ2v) is 12.1. The lowest BCUT2D eigenvalue weighted by Gasteiger charge is -2.41. The van der Waals surface area contributed by atoms with E-state index in [9.17, 15) is 24.6 Å². The van der Waals surface area contributed by atoms with Crippen LogP contribution >= 0.6 is 11.8 Å². The first-order valence-electron chi connectivity index (χ1n) is 13.0. The van der Waals surface area contributed by atoms with Gasteiger partial charge in [0.05, 0.1) is 29.2 Å². The third-order valence-corrected chi connectivity index (χ3v) is 10.7. The van der Waals surface area contributed by atoms with Crippen LogP contribution in [0, 0.1) is 17.8 Å². The van der Waals surface area contributed by atoms with E-state index in [1.807, 2.05) is 56.3 Å². The molecular formula is C29H34N2O5S. The largest absolute Gasteiger partial charge is 0.481 e. The summed E-state index contributed by atoms with van der Waals surface area (Å²) < 4.78 is -0.820. The number of hydrogen-bond acceptors (Lipinski definition) is 5. The number of nitrogens with zero attached hydrogens (tertiary/aromatic N) is 2. The van der Waals surface area contributed by atoms with Crippen LogP contribution in [-0.2, 0) is 14.4 Å². The Hall–Kier alpha value is -2.84. The molecule has 2 aromatic carbocycles. The summed E-state index contributed by atoms with van der Waals surface area (Å²) in [5.41, 5.74) is 0.701. The number of aliphatic hydroxyl groups excluding tert-OH is 1. The highest BCUT2D eigenvalue weighted by atomic mass is 32.2. The molecule has 1 spiro atoms. The molecule has 0 radical (unpaired) electrons. The highest BCUT2D eigenvalue weighted by Gasteiger charge is 2.74. The van der Waals surface area contributed by atoms with Gasteiger partial charge in [-0.3, -0.25) is 14.4 Å². The van der Waals surface area contributed by atoms with E-state index in [0.29, 0.717) is 24.9 Å². The number of fused-ring (bicyclic) bond motifs is 2. The molecule has 5 rings (SSSR count). The van der Waals surface area contributed by atoms with Crippen molar-refractivity contribution in [2.24, 2.45) is 17.8 Å². The maximum Gasteiger partial charge on any atom is 0.308 e. The van der Waals surface area contributed by atoms with Crippen molar-refractivity contribution in [1.82, 2.24) is 4.90 Å². The number of carboxylic acid groups (broad SMARTS) is 1. The van der Waals surface area contributed by atoms with E-state index >= 15 is 0 Å². The zero-order chi connectivity index (χ0) is 26.5. The molecule has 2 amide bonds. The summed E-state index contributed by atoms with van der Waals surface area (Å²) in [6.07, 6.45) is 3.65. The van der Waals surface area contributed by atoms with Crippen LogP contribution in [0.1, 0.15) is 33.1 Å². The lowest BCUT2D eigenvalue weighted by atomic mass is 9.71. The predicted octanol–water partition coefficient (Wildman–Crippen LogP) is 3.94. The molecule has 7 atom stereocenters. The standard InChI is InChI=1S/C29H34N2O5S/c1-4-14-30(20-11-10-18-8-6-7-9-19(18)15-20)27(34)25-29-13-12-22(37-29)23(28(35)36)24(29)26(33)31(25)21(16-32)17(3)5-2/h4,6-11,15,17,21-25,32H,1,5,12-14,16H2,2-3H3,(H,35,36)/t17-,21-,22-,23+,24-,25?,29?/m0/s1. The number of rotatable bonds is 9. The van der Waals surface area contributed by atoms with Crippen LogP contribution in [0.3, 0.4) is 0 Å². The molecule has 0 aromatic heterocycles. The quantitative estimate of drug-likeness (QED) is 0.484. The molecule has 196 valence electrons. The molecule has 37 heavy (non-hydrogen) atoms. The van der Waals surface area contributed by atoms with Gasteiger partial charge < -0.3 is 20.0 Å². The minimum Gasteiger partial charge on any atom is -0.481 e. The molecule has 2 N–H and O–H groups in total. The molecule has 3 heterocycles. The SMILES string of the molecule is C=CCN(C(=O)C1N([C@@H](CO)[C@@H](C)CC)C(=O)[C@@H]2[C@H](C(=O)O)[C@@H]3CCC12S3)c1ccc2ccccc2c1. The van der Waals surface area contributed by atoms with Crippen LogP contribution in [0.15, 0.2) is 55.1 Å². The summed E-state index contributed by atoms with van der Waals surface area (Å²) in [4.78, 5) is 44.2. The van der Waals surface area contributed by atoms with Gasteiger partial charge in [-0.25, -0.2) is 0 Å². The van der Waals surface area contributed by atoms with E-state index in [1.165, 1.54) is 11.8 Å². The molecule has 0 saturated carbocycles. The van der Waals surface area contributed by atoms with Gasteiger partial charge in [-0.15, -0.1) is 18.3 Å². The van der Waals surface area contributed by atoms with Crippen LogP contribution in [-0.4, -0.2) is 68.1 Å². The van der Waals surface area contributed by atoms with Gasteiger partial charge in [-0.05, 0) is 41.7 Å². The summed E-state index contributed by atoms with van der Waals surface area (Å²) in [7, 11) is 0. The Morgan fingerprint density at radius 1 is 1.27 bits per heavy atom.